The number of rotatable bonds is 6. The lowest BCUT2D eigenvalue weighted by Crippen LogP contribution is -2.28. The van der Waals surface area contributed by atoms with Crippen LogP contribution in [0.15, 0.2) is 24.3 Å². The molecule has 0 radical (unpaired) electrons. The highest BCUT2D eigenvalue weighted by molar-refractivity contribution is 6.03. The Bertz CT molecular complexity index is 516. The van der Waals surface area contributed by atoms with E-state index in [2.05, 4.69) is 0 Å². The van der Waals surface area contributed by atoms with Gasteiger partial charge < -0.3 is 14.2 Å². The van der Waals surface area contributed by atoms with Crippen LogP contribution in [0.25, 0.3) is 0 Å². The Labute approximate surface area is 131 Å². The molecule has 0 saturated carbocycles. The van der Waals surface area contributed by atoms with Crippen molar-refractivity contribution in [3.8, 4) is 0 Å². The first-order valence-corrected chi connectivity index (χ1v) is 7.35. The van der Waals surface area contributed by atoms with Crippen LogP contribution in [0.3, 0.4) is 0 Å². The molecule has 0 aliphatic heterocycles. The Hall–Kier alpha value is -1.88. The summed E-state index contributed by atoms with van der Waals surface area (Å²) < 4.78 is 15.8. The molecule has 1 aromatic rings. The normalized spacial score (nSPS) is 12.6. The molecule has 0 aliphatic carbocycles. The minimum atomic E-state index is -0.561. The van der Waals surface area contributed by atoms with Gasteiger partial charge >= 0.3 is 11.9 Å². The zero-order chi connectivity index (χ0) is 16.8. The maximum Gasteiger partial charge on any atom is 0.339 e. The highest BCUT2D eigenvalue weighted by Crippen LogP contribution is 2.14. The van der Waals surface area contributed by atoms with Crippen molar-refractivity contribution in [1.82, 2.24) is 0 Å². The first-order chi connectivity index (χ1) is 10.2. The molecule has 0 bridgehead atoms. The second-order valence-corrected chi connectivity index (χ2v) is 5.91. The van der Waals surface area contributed by atoms with E-state index >= 15 is 0 Å². The fraction of sp³-hybridized carbons (Fsp3) is 0.529. The van der Waals surface area contributed by atoms with Crippen LogP contribution in [0.4, 0.5) is 0 Å². The monoisotopic (exact) mass is 308 g/mol. The minimum Gasteiger partial charge on any atom is -0.462 e. The zero-order valence-corrected chi connectivity index (χ0v) is 13.8. The molecular formula is C17H24O5. The maximum absolute atomic E-state index is 12.2. The van der Waals surface area contributed by atoms with Gasteiger partial charge in [0.1, 0.15) is 6.10 Å². The second kappa shape index (κ2) is 7.94. The summed E-state index contributed by atoms with van der Waals surface area (Å²) in [5.41, 5.74) is 0.102. The minimum absolute atomic E-state index is 0.198. The Morgan fingerprint density at radius 2 is 1.64 bits per heavy atom. The van der Waals surface area contributed by atoms with E-state index in [4.69, 9.17) is 14.2 Å². The van der Waals surface area contributed by atoms with E-state index in [9.17, 15) is 9.59 Å². The first-order valence-electron chi connectivity index (χ1n) is 7.35. The number of hydrogen-bond acceptors (Lipinski definition) is 5. The van der Waals surface area contributed by atoms with E-state index in [0.717, 1.165) is 0 Å². The summed E-state index contributed by atoms with van der Waals surface area (Å²) in [5, 5.41) is 0. The van der Waals surface area contributed by atoms with Gasteiger partial charge in [-0.25, -0.2) is 9.59 Å². The van der Waals surface area contributed by atoms with Crippen LogP contribution in [-0.2, 0) is 14.2 Å². The molecule has 0 saturated heterocycles. The summed E-state index contributed by atoms with van der Waals surface area (Å²) in [6, 6.07) is 6.45. The molecule has 0 N–H and O–H groups in total. The SMILES string of the molecule is CCOC(=O)c1ccccc1C(=O)OC(C)COC(C)(C)C. The summed E-state index contributed by atoms with van der Waals surface area (Å²) >= 11 is 0. The zero-order valence-electron chi connectivity index (χ0n) is 13.8. The van der Waals surface area contributed by atoms with E-state index in [1.165, 1.54) is 0 Å². The molecule has 5 heteroatoms. The lowest BCUT2D eigenvalue weighted by Gasteiger charge is -2.22. The maximum atomic E-state index is 12.2. The van der Waals surface area contributed by atoms with Crippen LogP contribution in [0.1, 0.15) is 55.3 Å². The average molecular weight is 308 g/mol. The predicted octanol–water partition coefficient (Wildman–Crippen LogP) is 3.22. The van der Waals surface area contributed by atoms with E-state index in [1.807, 2.05) is 20.8 Å². The van der Waals surface area contributed by atoms with Gasteiger partial charge in [0, 0.05) is 0 Å². The largest absolute Gasteiger partial charge is 0.462 e. The standard InChI is InChI=1S/C17H24O5/c1-6-20-15(18)13-9-7-8-10-14(13)16(19)22-12(2)11-21-17(3,4)5/h7-10,12H,6,11H2,1-5H3. The third kappa shape index (κ3) is 5.85. The van der Waals surface area contributed by atoms with Gasteiger partial charge in [-0.1, -0.05) is 12.1 Å². The van der Waals surface area contributed by atoms with Gasteiger partial charge in [-0.3, -0.25) is 0 Å². The molecule has 1 atom stereocenters. The van der Waals surface area contributed by atoms with Gasteiger partial charge in [-0.05, 0) is 46.8 Å². The molecule has 0 aromatic heterocycles. The van der Waals surface area contributed by atoms with Crippen molar-refractivity contribution < 1.29 is 23.8 Å². The topological polar surface area (TPSA) is 61.8 Å². The fourth-order valence-electron chi connectivity index (χ4n) is 1.70. The molecule has 1 rings (SSSR count). The first kappa shape index (κ1) is 18.2. The molecule has 1 aromatic carbocycles. The van der Waals surface area contributed by atoms with Crippen molar-refractivity contribution in [2.24, 2.45) is 0 Å². The van der Waals surface area contributed by atoms with Gasteiger partial charge in [0.25, 0.3) is 0 Å². The van der Waals surface area contributed by atoms with Gasteiger partial charge in [-0.15, -0.1) is 0 Å². The van der Waals surface area contributed by atoms with Gasteiger partial charge in [0.15, 0.2) is 0 Å². The number of benzene rings is 1. The number of carbonyl (C=O) groups is 2. The van der Waals surface area contributed by atoms with Crippen LogP contribution in [-0.4, -0.2) is 36.9 Å². The second-order valence-electron chi connectivity index (χ2n) is 5.91. The van der Waals surface area contributed by atoms with Gasteiger partial charge in [-0.2, -0.15) is 0 Å². The van der Waals surface area contributed by atoms with Crippen LogP contribution in [0, 0.1) is 0 Å². The number of hydrogen-bond donors (Lipinski definition) is 0. The van der Waals surface area contributed by atoms with E-state index < -0.39 is 18.0 Å². The number of carbonyl (C=O) groups excluding carboxylic acids is 2. The summed E-state index contributed by atoms with van der Waals surface area (Å²) in [7, 11) is 0. The molecule has 5 nitrogen and oxygen atoms in total. The highest BCUT2D eigenvalue weighted by atomic mass is 16.6. The molecule has 22 heavy (non-hydrogen) atoms. The quantitative estimate of drug-likeness (QED) is 0.755. The van der Waals surface area contributed by atoms with E-state index in [-0.39, 0.29) is 29.9 Å². The predicted molar refractivity (Wildman–Crippen MR) is 83.0 cm³/mol. The van der Waals surface area contributed by atoms with E-state index in [0.29, 0.717) is 0 Å². The van der Waals surface area contributed by atoms with Crippen molar-refractivity contribution in [3.05, 3.63) is 35.4 Å². The molecule has 0 heterocycles. The summed E-state index contributed by atoms with van der Waals surface area (Å²) in [4.78, 5) is 24.1. The summed E-state index contributed by atoms with van der Waals surface area (Å²) in [6.07, 6.45) is -0.415. The molecular weight excluding hydrogens is 284 g/mol. The van der Waals surface area contributed by atoms with Crippen molar-refractivity contribution in [2.45, 2.75) is 46.3 Å². The lowest BCUT2D eigenvalue weighted by atomic mass is 10.1. The third-order valence-electron chi connectivity index (χ3n) is 2.70. The van der Waals surface area contributed by atoms with Gasteiger partial charge in [0.05, 0.1) is 29.9 Å². The molecule has 0 fully saturated rings. The smallest absolute Gasteiger partial charge is 0.339 e. The lowest BCUT2D eigenvalue weighted by molar-refractivity contribution is -0.0531. The van der Waals surface area contributed by atoms with Crippen molar-refractivity contribution in [1.29, 1.82) is 0 Å². The highest BCUT2D eigenvalue weighted by Gasteiger charge is 2.21. The third-order valence-corrected chi connectivity index (χ3v) is 2.70. The fourth-order valence-corrected chi connectivity index (χ4v) is 1.70. The van der Waals surface area contributed by atoms with Crippen LogP contribution in [0.5, 0.6) is 0 Å². The Balaban J connectivity index is 2.75. The Morgan fingerprint density at radius 1 is 1.09 bits per heavy atom. The molecule has 0 amide bonds. The summed E-state index contributed by atoms with van der Waals surface area (Å²) in [6.45, 7) is 9.78. The van der Waals surface area contributed by atoms with E-state index in [1.54, 1.807) is 38.1 Å². The molecule has 122 valence electrons. The molecule has 0 spiro atoms. The molecule has 0 aliphatic rings. The van der Waals surface area contributed by atoms with Gasteiger partial charge in [0.2, 0.25) is 0 Å². The Kier molecular flexibility index (Phi) is 6.56. The Morgan fingerprint density at radius 3 is 2.14 bits per heavy atom. The van der Waals surface area contributed by atoms with Crippen LogP contribution in [0.2, 0.25) is 0 Å². The van der Waals surface area contributed by atoms with Crippen LogP contribution >= 0.6 is 0 Å². The summed E-state index contributed by atoms with van der Waals surface area (Å²) in [5.74, 6) is -1.10. The number of esters is 2. The van der Waals surface area contributed by atoms with Crippen molar-refractivity contribution in [2.75, 3.05) is 13.2 Å². The van der Waals surface area contributed by atoms with Crippen LogP contribution < -0.4 is 0 Å². The van der Waals surface area contributed by atoms with Crippen molar-refractivity contribution >= 4 is 11.9 Å². The molecule has 1 unspecified atom stereocenters. The van der Waals surface area contributed by atoms with Crippen molar-refractivity contribution in [3.63, 3.8) is 0 Å². The average Bonchev–Trinajstić information content (AvgIpc) is 2.44. The number of ether oxygens (including phenoxy) is 3.